The molecule has 1 aliphatic heterocycles. The number of nitrogens with one attached hydrogen (secondary N) is 1. The molecule has 15 heavy (non-hydrogen) atoms. The molecule has 1 aromatic heterocycles. The maximum atomic E-state index is 4.43. The minimum Gasteiger partial charge on any atom is -0.378 e. The Morgan fingerprint density at radius 1 is 1.53 bits per heavy atom. The lowest BCUT2D eigenvalue weighted by atomic mass is 10.2. The van der Waals surface area contributed by atoms with E-state index in [9.17, 15) is 0 Å². The SMILES string of the molecule is CCc1nn(C)cc1NC1CCN(C)C1. The second kappa shape index (κ2) is 4.23. The zero-order chi connectivity index (χ0) is 10.8. The lowest BCUT2D eigenvalue weighted by Crippen LogP contribution is -2.23. The summed E-state index contributed by atoms with van der Waals surface area (Å²) in [4.78, 5) is 2.36. The minimum absolute atomic E-state index is 0.587. The van der Waals surface area contributed by atoms with Gasteiger partial charge in [0.25, 0.3) is 0 Å². The Kier molecular flexibility index (Phi) is 2.95. The van der Waals surface area contributed by atoms with E-state index in [1.807, 2.05) is 11.7 Å². The van der Waals surface area contributed by atoms with Crippen molar-refractivity contribution in [1.82, 2.24) is 14.7 Å². The molecule has 4 nitrogen and oxygen atoms in total. The minimum atomic E-state index is 0.587. The molecule has 4 heteroatoms. The fourth-order valence-corrected chi connectivity index (χ4v) is 2.19. The summed E-state index contributed by atoms with van der Waals surface area (Å²) in [5.41, 5.74) is 2.38. The third kappa shape index (κ3) is 2.31. The Bertz CT molecular complexity index is 331. The van der Waals surface area contributed by atoms with Crippen molar-refractivity contribution >= 4 is 5.69 Å². The van der Waals surface area contributed by atoms with Crippen LogP contribution in [0.4, 0.5) is 5.69 Å². The Hall–Kier alpha value is -1.03. The van der Waals surface area contributed by atoms with Crippen LogP contribution < -0.4 is 5.32 Å². The molecular weight excluding hydrogens is 188 g/mol. The van der Waals surface area contributed by atoms with Crippen molar-refractivity contribution in [2.75, 3.05) is 25.5 Å². The van der Waals surface area contributed by atoms with Gasteiger partial charge in [-0.3, -0.25) is 4.68 Å². The lowest BCUT2D eigenvalue weighted by molar-refractivity contribution is 0.414. The molecule has 1 saturated heterocycles. The zero-order valence-electron chi connectivity index (χ0n) is 9.82. The number of rotatable bonds is 3. The Labute approximate surface area is 91.3 Å². The van der Waals surface area contributed by atoms with Crippen LogP contribution in [-0.2, 0) is 13.5 Å². The van der Waals surface area contributed by atoms with Crippen LogP contribution in [0.25, 0.3) is 0 Å². The van der Waals surface area contributed by atoms with Crippen LogP contribution in [-0.4, -0.2) is 40.9 Å². The first kappa shape index (κ1) is 10.5. The Morgan fingerprint density at radius 2 is 2.33 bits per heavy atom. The molecule has 0 spiro atoms. The normalized spacial score (nSPS) is 22.2. The smallest absolute Gasteiger partial charge is 0.0853 e. The number of aromatic nitrogens is 2. The first-order valence-electron chi connectivity index (χ1n) is 5.66. The van der Waals surface area contributed by atoms with Crippen LogP contribution in [0.15, 0.2) is 6.20 Å². The van der Waals surface area contributed by atoms with E-state index in [0.29, 0.717) is 6.04 Å². The van der Waals surface area contributed by atoms with Crippen molar-refractivity contribution in [3.8, 4) is 0 Å². The van der Waals surface area contributed by atoms with Crippen LogP contribution in [0.1, 0.15) is 19.0 Å². The molecule has 1 atom stereocenters. The molecular formula is C11H20N4. The van der Waals surface area contributed by atoms with Crippen LogP contribution in [0, 0.1) is 0 Å². The highest BCUT2D eigenvalue weighted by atomic mass is 15.3. The monoisotopic (exact) mass is 208 g/mol. The van der Waals surface area contributed by atoms with Gasteiger partial charge < -0.3 is 10.2 Å². The molecule has 2 heterocycles. The predicted molar refractivity (Wildman–Crippen MR) is 62.1 cm³/mol. The molecule has 2 rings (SSSR count). The van der Waals surface area contributed by atoms with E-state index in [1.54, 1.807) is 0 Å². The van der Waals surface area contributed by atoms with Crippen molar-refractivity contribution in [2.24, 2.45) is 7.05 Å². The molecule has 0 radical (unpaired) electrons. The molecule has 1 N–H and O–H groups in total. The molecule has 1 aromatic rings. The number of likely N-dealkylation sites (tertiary alicyclic amines) is 1. The number of hydrogen-bond donors (Lipinski definition) is 1. The van der Waals surface area contributed by atoms with Crippen molar-refractivity contribution in [3.63, 3.8) is 0 Å². The number of nitrogens with zero attached hydrogens (tertiary/aromatic N) is 3. The molecule has 0 bridgehead atoms. The summed E-state index contributed by atoms with van der Waals surface area (Å²) in [5.74, 6) is 0. The first-order chi connectivity index (χ1) is 7.19. The van der Waals surface area contributed by atoms with Gasteiger partial charge >= 0.3 is 0 Å². The molecule has 84 valence electrons. The highest BCUT2D eigenvalue weighted by Crippen LogP contribution is 2.18. The topological polar surface area (TPSA) is 33.1 Å². The van der Waals surface area contributed by atoms with Crippen molar-refractivity contribution in [2.45, 2.75) is 25.8 Å². The van der Waals surface area contributed by atoms with Gasteiger partial charge in [0, 0.05) is 25.8 Å². The van der Waals surface area contributed by atoms with Gasteiger partial charge in [-0.05, 0) is 26.4 Å². The fourth-order valence-electron chi connectivity index (χ4n) is 2.19. The highest BCUT2D eigenvalue weighted by Gasteiger charge is 2.20. The van der Waals surface area contributed by atoms with Crippen LogP contribution in [0.2, 0.25) is 0 Å². The summed E-state index contributed by atoms with van der Waals surface area (Å²) in [6, 6.07) is 0.587. The Morgan fingerprint density at radius 3 is 2.93 bits per heavy atom. The number of likely N-dealkylation sites (N-methyl/N-ethyl adjacent to an activating group) is 1. The molecule has 0 amide bonds. The number of hydrogen-bond acceptors (Lipinski definition) is 3. The van der Waals surface area contributed by atoms with E-state index >= 15 is 0 Å². The van der Waals surface area contributed by atoms with Crippen LogP contribution >= 0.6 is 0 Å². The molecule has 1 fully saturated rings. The summed E-state index contributed by atoms with van der Waals surface area (Å²) in [7, 11) is 4.15. The summed E-state index contributed by atoms with van der Waals surface area (Å²) < 4.78 is 1.89. The number of anilines is 1. The summed E-state index contributed by atoms with van der Waals surface area (Å²) in [5, 5.41) is 8.02. The standard InChI is InChI=1S/C11H20N4/c1-4-10-11(8-15(3)13-10)12-9-5-6-14(2)7-9/h8-9,12H,4-7H2,1-3H3. The van der Waals surface area contributed by atoms with E-state index in [1.165, 1.54) is 24.3 Å². The van der Waals surface area contributed by atoms with Gasteiger partial charge in [-0.15, -0.1) is 0 Å². The molecule has 0 aromatic carbocycles. The third-order valence-electron chi connectivity index (χ3n) is 2.99. The van der Waals surface area contributed by atoms with E-state index in [-0.39, 0.29) is 0 Å². The van der Waals surface area contributed by atoms with E-state index < -0.39 is 0 Å². The zero-order valence-corrected chi connectivity index (χ0v) is 9.82. The average Bonchev–Trinajstić information content (AvgIpc) is 2.73. The van der Waals surface area contributed by atoms with E-state index in [2.05, 4.69) is 35.5 Å². The van der Waals surface area contributed by atoms with E-state index in [0.717, 1.165) is 13.0 Å². The maximum Gasteiger partial charge on any atom is 0.0853 e. The molecule has 1 unspecified atom stereocenters. The fraction of sp³-hybridized carbons (Fsp3) is 0.727. The summed E-state index contributed by atoms with van der Waals surface area (Å²) in [6.07, 6.45) is 4.30. The summed E-state index contributed by atoms with van der Waals surface area (Å²) >= 11 is 0. The molecule has 0 saturated carbocycles. The lowest BCUT2D eigenvalue weighted by Gasteiger charge is -2.13. The van der Waals surface area contributed by atoms with E-state index in [4.69, 9.17) is 0 Å². The largest absolute Gasteiger partial charge is 0.378 e. The predicted octanol–water partition coefficient (Wildman–Crippen LogP) is 1.10. The Balaban J connectivity index is 2.03. The first-order valence-corrected chi connectivity index (χ1v) is 5.66. The highest BCUT2D eigenvalue weighted by molar-refractivity contribution is 5.47. The molecule has 0 aliphatic carbocycles. The third-order valence-corrected chi connectivity index (χ3v) is 2.99. The van der Waals surface area contributed by atoms with Crippen LogP contribution in [0.3, 0.4) is 0 Å². The molecule has 1 aliphatic rings. The second-order valence-electron chi connectivity index (χ2n) is 4.41. The average molecular weight is 208 g/mol. The van der Waals surface area contributed by atoms with Gasteiger partial charge in [-0.1, -0.05) is 6.92 Å². The summed E-state index contributed by atoms with van der Waals surface area (Å²) in [6.45, 7) is 4.48. The quantitative estimate of drug-likeness (QED) is 0.807. The van der Waals surface area contributed by atoms with Gasteiger partial charge in [0.15, 0.2) is 0 Å². The maximum absolute atomic E-state index is 4.43. The van der Waals surface area contributed by atoms with Crippen molar-refractivity contribution < 1.29 is 0 Å². The van der Waals surface area contributed by atoms with Crippen LogP contribution in [0.5, 0.6) is 0 Å². The van der Waals surface area contributed by atoms with Gasteiger partial charge in [0.1, 0.15) is 0 Å². The van der Waals surface area contributed by atoms with Gasteiger partial charge in [0.2, 0.25) is 0 Å². The van der Waals surface area contributed by atoms with Gasteiger partial charge in [-0.25, -0.2) is 0 Å². The van der Waals surface area contributed by atoms with Crippen molar-refractivity contribution in [3.05, 3.63) is 11.9 Å². The van der Waals surface area contributed by atoms with Gasteiger partial charge in [-0.2, -0.15) is 5.10 Å². The second-order valence-corrected chi connectivity index (χ2v) is 4.41. The van der Waals surface area contributed by atoms with Crippen molar-refractivity contribution in [1.29, 1.82) is 0 Å². The number of aryl methyl sites for hydroxylation is 2. The van der Waals surface area contributed by atoms with Gasteiger partial charge in [0.05, 0.1) is 11.4 Å².